The molecule has 0 fully saturated rings. The molecule has 0 saturated heterocycles. The zero-order valence-electron chi connectivity index (χ0n) is 13.1. The Bertz CT molecular complexity index is 580. The maximum atomic E-state index is 5.59. The van der Waals surface area contributed by atoms with Gasteiger partial charge in [0.2, 0.25) is 0 Å². The van der Waals surface area contributed by atoms with Gasteiger partial charge in [-0.05, 0) is 43.0 Å². The first kappa shape index (κ1) is 15.9. The average molecular weight is 305 g/mol. The van der Waals surface area contributed by atoms with Crippen LogP contribution in [0.3, 0.4) is 0 Å². The molecule has 0 radical (unpaired) electrons. The van der Waals surface area contributed by atoms with Crippen molar-refractivity contribution in [1.82, 2.24) is 5.32 Å². The van der Waals surface area contributed by atoms with E-state index in [-0.39, 0.29) is 6.04 Å². The predicted molar refractivity (Wildman–Crippen MR) is 88.7 cm³/mol. The van der Waals surface area contributed by atoms with Crippen LogP contribution < -0.4 is 14.8 Å². The van der Waals surface area contributed by atoms with E-state index < -0.39 is 0 Å². The van der Waals surface area contributed by atoms with Crippen molar-refractivity contribution in [3.8, 4) is 11.5 Å². The van der Waals surface area contributed by atoms with Crippen LogP contribution in [0.2, 0.25) is 0 Å². The minimum absolute atomic E-state index is 0.125. The summed E-state index contributed by atoms with van der Waals surface area (Å²) in [6.07, 6.45) is 1.09. The number of para-hydroxylation sites is 1. The molecule has 114 valence electrons. The van der Waals surface area contributed by atoms with Gasteiger partial charge >= 0.3 is 0 Å². The number of ether oxygens (including phenoxy) is 2. The molecule has 2 aromatic rings. The lowest BCUT2D eigenvalue weighted by molar-refractivity contribution is 0.348. The van der Waals surface area contributed by atoms with Gasteiger partial charge in [0.1, 0.15) is 0 Å². The highest BCUT2D eigenvalue weighted by Crippen LogP contribution is 2.38. The SMILES string of the molecule is CCCNC(c1csc(C)c1)c1cccc(OC)c1OC. The number of methoxy groups -OCH3 is 2. The molecule has 1 N–H and O–H groups in total. The fraction of sp³-hybridized carbons (Fsp3) is 0.412. The molecule has 1 atom stereocenters. The molecule has 0 bridgehead atoms. The molecular weight excluding hydrogens is 282 g/mol. The molecule has 0 aliphatic rings. The second kappa shape index (κ2) is 7.48. The van der Waals surface area contributed by atoms with E-state index in [1.165, 1.54) is 10.4 Å². The monoisotopic (exact) mass is 305 g/mol. The molecule has 2 rings (SSSR count). The van der Waals surface area contributed by atoms with Crippen LogP contribution in [0.15, 0.2) is 29.6 Å². The molecule has 0 saturated carbocycles. The number of benzene rings is 1. The van der Waals surface area contributed by atoms with Crippen LogP contribution in [0.5, 0.6) is 11.5 Å². The van der Waals surface area contributed by atoms with Gasteiger partial charge in [-0.3, -0.25) is 0 Å². The first-order valence-electron chi connectivity index (χ1n) is 7.20. The highest BCUT2D eigenvalue weighted by Gasteiger charge is 2.21. The lowest BCUT2D eigenvalue weighted by atomic mass is 9.99. The third kappa shape index (κ3) is 3.57. The molecule has 3 nitrogen and oxygen atoms in total. The van der Waals surface area contributed by atoms with E-state index in [0.29, 0.717) is 0 Å². The van der Waals surface area contributed by atoms with Gasteiger partial charge in [0.25, 0.3) is 0 Å². The van der Waals surface area contributed by atoms with E-state index >= 15 is 0 Å². The summed E-state index contributed by atoms with van der Waals surface area (Å²) in [4.78, 5) is 1.31. The summed E-state index contributed by atoms with van der Waals surface area (Å²) in [5.74, 6) is 1.57. The number of hydrogen-bond donors (Lipinski definition) is 1. The number of aryl methyl sites for hydroxylation is 1. The normalized spacial score (nSPS) is 12.2. The molecule has 1 heterocycles. The third-order valence-corrected chi connectivity index (χ3v) is 4.31. The number of hydrogen-bond acceptors (Lipinski definition) is 4. The van der Waals surface area contributed by atoms with Crippen molar-refractivity contribution >= 4 is 11.3 Å². The minimum atomic E-state index is 0.125. The van der Waals surface area contributed by atoms with Gasteiger partial charge in [0.05, 0.1) is 20.3 Å². The maximum Gasteiger partial charge on any atom is 0.165 e. The van der Waals surface area contributed by atoms with Crippen LogP contribution >= 0.6 is 11.3 Å². The molecule has 0 amide bonds. The van der Waals surface area contributed by atoms with Crippen LogP contribution in [-0.4, -0.2) is 20.8 Å². The second-order valence-electron chi connectivity index (χ2n) is 4.96. The number of thiophene rings is 1. The van der Waals surface area contributed by atoms with E-state index in [4.69, 9.17) is 9.47 Å². The topological polar surface area (TPSA) is 30.5 Å². The summed E-state index contributed by atoms with van der Waals surface area (Å²) in [5, 5.41) is 5.82. The van der Waals surface area contributed by atoms with Crippen molar-refractivity contribution in [2.45, 2.75) is 26.3 Å². The average Bonchev–Trinajstić information content (AvgIpc) is 2.93. The van der Waals surface area contributed by atoms with E-state index in [1.807, 2.05) is 12.1 Å². The van der Waals surface area contributed by atoms with Gasteiger partial charge < -0.3 is 14.8 Å². The fourth-order valence-electron chi connectivity index (χ4n) is 2.45. The lowest BCUT2D eigenvalue weighted by Crippen LogP contribution is -2.23. The molecule has 21 heavy (non-hydrogen) atoms. The van der Waals surface area contributed by atoms with Crippen LogP contribution in [-0.2, 0) is 0 Å². The molecular formula is C17H23NO2S. The van der Waals surface area contributed by atoms with Gasteiger partial charge in [-0.2, -0.15) is 0 Å². The van der Waals surface area contributed by atoms with E-state index in [2.05, 4.69) is 36.7 Å². The first-order valence-corrected chi connectivity index (χ1v) is 8.08. The van der Waals surface area contributed by atoms with Crippen molar-refractivity contribution in [3.05, 3.63) is 45.6 Å². The van der Waals surface area contributed by atoms with Crippen molar-refractivity contribution in [2.75, 3.05) is 20.8 Å². The predicted octanol–water partition coefficient (Wildman–Crippen LogP) is 4.16. The summed E-state index contributed by atoms with van der Waals surface area (Å²) < 4.78 is 11.0. The number of rotatable bonds is 7. The highest BCUT2D eigenvalue weighted by atomic mass is 32.1. The summed E-state index contributed by atoms with van der Waals surface area (Å²) in [5.41, 5.74) is 2.39. The van der Waals surface area contributed by atoms with Crippen LogP contribution in [0, 0.1) is 6.92 Å². The lowest BCUT2D eigenvalue weighted by Gasteiger charge is -2.22. The quantitative estimate of drug-likeness (QED) is 0.833. The van der Waals surface area contributed by atoms with Crippen molar-refractivity contribution < 1.29 is 9.47 Å². The van der Waals surface area contributed by atoms with Gasteiger partial charge in [-0.15, -0.1) is 11.3 Å². The van der Waals surface area contributed by atoms with Crippen LogP contribution in [0.4, 0.5) is 0 Å². The molecule has 0 aliphatic carbocycles. The summed E-state index contributed by atoms with van der Waals surface area (Å²) in [6.45, 7) is 5.26. The van der Waals surface area contributed by atoms with E-state index in [9.17, 15) is 0 Å². The van der Waals surface area contributed by atoms with Crippen molar-refractivity contribution in [3.63, 3.8) is 0 Å². The smallest absolute Gasteiger partial charge is 0.165 e. The Hall–Kier alpha value is -1.52. The molecule has 1 aromatic carbocycles. The van der Waals surface area contributed by atoms with Crippen molar-refractivity contribution in [1.29, 1.82) is 0 Å². The Kier molecular flexibility index (Phi) is 5.65. The third-order valence-electron chi connectivity index (χ3n) is 3.43. The minimum Gasteiger partial charge on any atom is -0.493 e. The Morgan fingerprint density at radius 2 is 2.05 bits per heavy atom. The molecule has 4 heteroatoms. The Morgan fingerprint density at radius 1 is 1.24 bits per heavy atom. The molecule has 1 aromatic heterocycles. The summed E-state index contributed by atoms with van der Waals surface area (Å²) in [6, 6.07) is 8.40. The second-order valence-corrected chi connectivity index (χ2v) is 6.08. The molecule has 0 aliphatic heterocycles. The van der Waals surface area contributed by atoms with E-state index in [0.717, 1.165) is 30.0 Å². The Balaban J connectivity index is 2.45. The van der Waals surface area contributed by atoms with Gasteiger partial charge in [-0.1, -0.05) is 19.1 Å². The fourth-order valence-corrected chi connectivity index (χ4v) is 3.18. The standard InChI is InChI=1S/C17H23NO2S/c1-5-9-18-16(13-10-12(2)21-11-13)14-7-6-8-15(19-3)17(14)20-4/h6-8,10-11,16,18H,5,9H2,1-4H3. The Labute approximate surface area is 130 Å². The van der Waals surface area contributed by atoms with E-state index in [1.54, 1.807) is 25.6 Å². The summed E-state index contributed by atoms with van der Waals surface area (Å²) in [7, 11) is 3.36. The van der Waals surface area contributed by atoms with Crippen LogP contribution in [0.1, 0.15) is 35.4 Å². The molecule has 0 spiro atoms. The molecule has 1 unspecified atom stereocenters. The van der Waals surface area contributed by atoms with Crippen molar-refractivity contribution in [2.24, 2.45) is 0 Å². The first-order chi connectivity index (χ1) is 10.2. The maximum absolute atomic E-state index is 5.59. The summed E-state index contributed by atoms with van der Waals surface area (Å²) >= 11 is 1.77. The van der Waals surface area contributed by atoms with Gasteiger partial charge in [0.15, 0.2) is 11.5 Å². The highest BCUT2D eigenvalue weighted by molar-refractivity contribution is 7.10. The Morgan fingerprint density at radius 3 is 2.62 bits per heavy atom. The van der Waals surface area contributed by atoms with Gasteiger partial charge in [0, 0.05) is 10.4 Å². The zero-order valence-corrected chi connectivity index (χ0v) is 13.9. The largest absolute Gasteiger partial charge is 0.493 e. The van der Waals surface area contributed by atoms with Gasteiger partial charge in [-0.25, -0.2) is 0 Å². The van der Waals surface area contributed by atoms with Crippen LogP contribution in [0.25, 0.3) is 0 Å². The number of nitrogens with one attached hydrogen (secondary N) is 1. The zero-order chi connectivity index (χ0) is 15.2.